The van der Waals surface area contributed by atoms with Crippen molar-refractivity contribution in [3.8, 4) is 0 Å². The number of hydrogen-bond donors (Lipinski definition) is 2. The highest BCUT2D eigenvalue weighted by atomic mass is 16.4. The fourth-order valence-electron chi connectivity index (χ4n) is 1.68. The summed E-state index contributed by atoms with van der Waals surface area (Å²) in [5, 5.41) is 18.2. The van der Waals surface area contributed by atoms with Crippen LogP contribution in [0.25, 0.3) is 0 Å². The summed E-state index contributed by atoms with van der Waals surface area (Å²) in [4.78, 5) is 10.5. The highest BCUT2D eigenvalue weighted by Crippen LogP contribution is 2.31. The fraction of sp³-hybridized carbons (Fsp3) is 0.875. The van der Waals surface area contributed by atoms with Crippen molar-refractivity contribution in [3.63, 3.8) is 0 Å². The summed E-state index contributed by atoms with van der Waals surface area (Å²) < 4.78 is 0. The molecule has 0 amide bonds. The smallest absolute Gasteiger partial charge is 0.306 e. The molecule has 0 bridgehead atoms. The van der Waals surface area contributed by atoms with Crippen LogP contribution in [0.2, 0.25) is 0 Å². The third-order valence-electron chi connectivity index (χ3n) is 2.30. The number of aliphatic carboxylic acids is 1. The number of hydrogen-bond acceptors (Lipinski definition) is 2. The zero-order valence-electron chi connectivity index (χ0n) is 6.71. The maximum atomic E-state index is 10.5. The van der Waals surface area contributed by atoms with E-state index in [0.29, 0.717) is 12.8 Å². The zero-order valence-corrected chi connectivity index (χ0v) is 6.71. The second kappa shape index (κ2) is 2.81. The molecule has 2 unspecified atom stereocenters. The van der Waals surface area contributed by atoms with Gasteiger partial charge in [-0.25, -0.2) is 0 Å². The fourth-order valence-corrected chi connectivity index (χ4v) is 1.68. The van der Waals surface area contributed by atoms with Crippen LogP contribution in [0.3, 0.4) is 0 Å². The van der Waals surface area contributed by atoms with Crippen molar-refractivity contribution in [3.05, 3.63) is 0 Å². The maximum Gasteiger partial charge on any atom is 0.306 e. The van der Waals surface area contributed by atoms with E-state index in [0.717, 1.165) is 12.8 Å². The van der Waals surface area contributed by atoms with Gasteiger partial charge in [-0.15, -0.1) is 0 Å². The van der Waals surface area contributed by atoms with E-state index >= 15 is 0 Å². The number of carboxylic acid groups (broad SMARTS) is 1. The average Bonchev–Trinajstić information content (AvgIpc) is 1.85. The highest BCUT2D eigenvalue weighted by molar-refractivity contribution is 5.70. The first kappa shape index (κ1) is 8.53. The van der Waals surface area contributed by atoms with Crippen molar-refractivity contribution in [2.75, 3.05) is 0 Å². The summed E-state index contributed by atoms with van der Waals surface area (Å²) in [7, 11) is 0. The van der Waals surface area contributed by atoms with E-state index in [2.05, 4.69) is 0 Å². The molecule has 0 aliphatic heterocycles. The van der Waals surface area contributed by atoms with E-state index in [1.807, 2.05) is 0 Å². The standard InChI is InChI=1S/C8H14O3/c1-8(11)4-2-3-6(5-8)7(9)10/h6,11H,2-5H2,1H3,(H,9,10). The first-order valence-electron chi connectivity index (χ1n) is 3.96. The van der Waals surface area contributed by atoms with E-state index in [1.165, 1.54) is 0 Å². The Bertz CT molecular complexity index is 163. The predicted octanol–water partition coefficient (Wildman–Crippen LogP) is 1.01. The zero-order chi connectivity index (χ0) is 8.48. The molecule has 0 radical (unpaired) electrons. The first-order valence-corrected chi connectivity index (χ1v) is 3.96. The molecule has 3 heteroatoms. The van der Waals surface area contributed by atoms with Crippen molar-refractivity contribution in [2.24, 2.45) is 5.92 Å². The summed E-state index contributed by atoms with van der Waals surface area (Å²) in [5.74, 6) is -1.11. The topological polar surface area (TPSA) is 57.5 Å². The normalized spacial score (nSPS) is 38.5. The molecule has 1 saturated carbocycles. The Morgan fingerprint density at radius 2 is 2.27 bits per heavy atom. The Balaban J connectivity index is 2.53. The predicted molar refractivity (Wildman–Crippen MR) is 40.2 cm³/mol. The number of aliphatic hydroxyl groups is 1. The average molecular weight is 158 g/mol. The molecule has 0 aromatic heterocycles. The largest absolute Gasteiger partial charge is 0.481 e. The van der Waals surface area contributed by atoms with Crippen LogP contribution in [0.15, 0.2) is 0 Å². The quantitative estimate of drug-likeness (QED) is 0.598. The van der Waals surface area contributed by atoms with Crippen molar-refractivity contribution >= 4 is 5.97 Å². The molecule has 1 aliphatic rings. The third kappa shape index (κ3) is 2.19. The van der Waals surface area contributed by atoms with Crippen molar-refractivity contribution in [1.29, 1.82) is 0 Å². The molecule has 1 aliphatic carbocycles. The summed E-state index contributed by atoms with van der Waals surface area (Å²) in [5.41, 5.74) is -0.749. The van der Waals surface area contributed by atoms with Crippen molar-refractivity contribution in [1.82, 2.24) is 0 Å². The van der Waals surface area contributed by atoms with Gasteiger partial charge >= 0.3 is 5.97 Å². The van der Waals surface area contributed by atoms with Crippen molar-refractivity contribution < 1.29 is 15.0 Å². The summed E-state index contributed by atoms with van der Waals surface area (Å²) in [6, 6.07) is 0. The van der Waals surface area contributed by atoms with Gasteiger partial charge in [-0.2, -0.15) is 0 Å². The van der Waals surface area contributed by atoms with Crippen LogP contribution < -0.4 is 0 Å². The molecule has 2 N–H and O–H groups in total. The summed E-state index contributed by atoms with van der Waals surface area (Å²) in [6.45, 7) is 1.71. The minimum atomic E-state index is -0.773. The van der Waals surface area contributed by atoms with Gasteiger partial charge in [-0.05, 0) is 32.6 Å². The van der Waals surface area contributed by atoms with E-state index in [9.17, 15) is 9.90 Å². The lowest BCUT2D eigenvalue weighted by Crippen LogP contribution is -2.34. The van der Waals surface area contributed by atoms with Crippen LogP contribution in [0.5, 0.6) is 0 Å². The molecule has 1 rings (SSSR count). The summed E-state index contributed by atoms with van der Waals surface area (Å²) >= 11 is 0. The van der Waals surface area contributed by atoms with Gasteiger partial charge in [0.15, 0.2) is 0 Å². The van der Waals surface area contributed by atoms with Crippen LogP contribution >= 0.6 is 0 Å². The lowest BCUT2D eigenvalue weighted by molar-refractivity contribution is -0.146. The van der Waals surface area contributed by atoms with Crippen LogP contribution in [-0.4, -0.2) is 21.8 Å². The number of carboxylic acids is 1. The van der Waals surface area contributed by atoms with Crippen LogP contribution in [0, 0.1) is 5.92 Å². The van der Waals surface area contributed by atoms with E-state index in [4.69, 9.17) is 5.11 Å². The van der Waals surface area contributed by atoms with Crippen LogP contribution in [0.1, 0.15) is 32.6 Å². The van der Waals surface area contributed by atoms with Gasteiger partial charge in [-0.1, -0.05) is 0 Å². The van der Waals surface area contributed by atoms with E-state index < -0.39 is 11.6 Å². The van der Waals surface area contributed by atoms with Gasteiger partial charge in [0.05, 0.1) is 11.5 Å². The van der Waals surface area contributed by atoms with Gasteiger partial charge in [0.1, 0.15) is 0 Å². The first-order chi connectivity index (χ1) is 5.01. The maximum absolute atomic E-state index is 10.5. The summed E-state index contributed by atoms with van der Waals surface area (Å²) in [6.07, 6.45) is 2.68. The molecule has 0 aromatic rings. The van der Waals surface area contributed by atoms with Gasteiger partial charge in [0.2, 0.25) is 0 Å². The molecule has 1 fully saturated rings. The Hall–Kier alpha value is -0.570. The minimum absolute atomic E-state index is 0.334. The molecule has 0 aromatic carbocycles. The van der Waals surface area contributed by atoms with Gasteiger partial charge in [0.25, 0.3) is 0 Å². The number of rotatable bonds is 1. The molecule has 3 nitrogen and oxygen atoms in total. The van der Waals surface area contributed by atoms with E-state index in [-0.39, 0.29) is 5.92 Å². The molecular weight excluding hydrogens is 144 g/mol. The molecule has 0 heterocycles. The second-order valence-corrected chi connectivity index (χ2v) is 3.63. The highest BCUT2D eigenvalue weighted by Gasteiger charge is 2.33. The molecule has 64 valence electrons. The molecule has 0 spiro atoms. The van der Waals surface area contributed by atoms with Gasteiger partial charge in [0, 0.05) is 0 Å². The Morgan fingerprint density at radius 1 is 1.64 bits per heavy atom. The van der Waals surface area contributed by atoms with Crippen molar-refractivity contribution in [2.45, 2.75) is 38.2 Å². The number of carbonyl (C=O) groups is 1. The van der Waals surface area contributed by atoms with Gasteiger partial charge in [-0.3, -0.25) is 4.79 Å². The monoisotopic (exact) mass is 158 g/mol. The lowest BCUT2D eigenvalue weighted by Gasteiger charge is -2.31. The van der Waals surface area contributed by atoms with Crippen LogP contribution in [0.4, 0.5) is 0 Å². The molecule has 11 heavy (non-hydrogen) atoms. The van der Waals surface area contributed by atoms with E-state index in [1.54, 1.807) is 6.92 Å². The Kier molecular flexibility index (Phi) is 2.18. The molecule has 2 atom stereocenters. The minimum Gasteiger partial charge on any atom is -0.481 e. The second-order valence-electron chi connectivity index (χ2n) is 3.63. The Labute approximate surface area is 66.0 Å². The Morgan fingerprint density at radius 3 is 2.64 bits per heavy atom. The SMILES string of the molecule is CC1(O)CCCC(C(=O)O)C1. The molecular formula is C8H14O3. The van der Waals surface area contributed by atoms with Crippen LogP contribution in [-0.2, 0) is 4.79 Å². The molecule has 0 saturated heterocycles. The van der Waals surface area contributed by atoms with Gasteiger partial charge < -0.3 is 10.2 Å². The third-order valence-corrected chi connectivity index (χ3v) is 2.30. The lowest BCUT2D eigenvalue weighted by atomic mass is 9.79.